The Hall–Kier alpha value is -0.195. The highest BCUT2D eigenvalue weighted by atomic mass is 14.4. The van der Waals surface area contributed by atoms with Gasteiger partial charge in [-0.25, -0.2) is 0 Å². The monoisotopic (exact) mass is 232 g/mol. The summed E-state index contributed by atoms with van der Waals surface area (Å²) in [4.78, 5) is 0. The second-order valence-corrected chi connectivity index (χ2v) is 8.52. The van der Waals surface area contributed by atoms with Crippen LogP contribution in [-0.2, 0) is 0 Å². The highest BCUT2D eigenvalue weighted by Gasteiger charge is 2.48. The predicted molar refractivity (Wildman–Crippen MR) is 78.6 cm³/mol. The molecule has 2 rings (SSSR count). The minimum absolute atomic E-state index is 0.505. The van der Waals surface area contributed by atoms with Gasteiger partial charge in [-0.05, 0) is 35.5 Å². The van der Waals surface area contributed by atoms with E-state index in [-0.39, 0.29) is 0 Å². The third-order valence-corrected chi connectivity index (χ3v) is 5.88. The smallest absolute Gasteiger partial charge is 0.105 e. The molecule has 17 heavy (non-hydrogen) atoms. The molecule has 0 radical (unpaired) electrons. The van der Waals surface area contributed by atoms with Gasteiger partial charge in [0.05, 0.1) is 0 Å². The fourth-order valence-electron chi connectivity index (χ4n) is 3.58. The summed E-state index contributed by atoms with van der Waals surface area (Å²) in [6.07, 6.45) is 9.39. The molecule has 0 amide bonds. The van der Waals surface area contributed by atoms with Gasteiger partial charge in [0.2, 0.25) is 0 Å². The molecule has 0 aromatic rings. The first-order valence-electron chi connectivity index (χ1n) is 7.32. The lowest BCUT2D eigenvalue weighted by molar-refractivity contribution is 0.177. The van der Waals surface area contributed by atoms with Gasteiger partial charge in [-0.3, -0.25) is 0 Å². The maximum absolute atomic E-state index is 2.58. The van der Waals surface area contributed by atoms with Crippen LogP contribution in [-0.4, -0.2) is 6.71 Å². The van der Waals surface area contributed by atoms with Crippen LogP contribution in [0.15, 0.2) is 11.5 Å². The summed E-state index contributed by atoms with van der Waals surface area (Å²) in [5, 5.41) is 0. The molecule has 2 aliphatic rings. The van der Waals surface area contributed by atoms with E-state index in [1.54, 1.807) is 5.47 Å². The predicted octanol–water partition coefficient (Wildman–Crippen LogP) is 5.22. The van der Waals surface area contributed by atoms with E-state index in [0.29, 0.717) is 16.2 Å². The summed E-state index contributed by atoms with van der Waals surface area (Å²) in [5.41, 5.74) is 3.34. The summed E-state index contributed by atoms with van der Waals surface area (Å²) in [7, 11) is 0. The van der Waals surface area contributed by atoms with E-state index in [0.717, 1.165) is 6.71 Å². The molecule has 0 bridgehead atoms. The molecule has 0 nitrogen and oxygen atoms in total. The zero-order valence-electron chi connectivity index (χ0n) is 12.7. The Morgan fingerprint density at radius 3 is 1.88 bits per heavy atom. The van der Waals surface area contributed by atoms with Gasteiger partial charge in [0, 0.05) is 0 Å². The van der Waals surface area contributed by atoms with E-state index in [4.69, 9.17) is 0 Å². The van der Waals surface area contributed by atoms with Gasteiger partial charge in [-0.2, -0.15) is 0 Å². The van der Waals surface area contributed by atoms with Gasteiger partial charge in [-0.1, -0.05) is 60.3 Å². The first kappa shape index (κ1) is 13.2. The lowest BCUT2D eigenvalue weighted by atomic mass is 9.39. The minimum Gasteiger partial charge on any atom is -0.105 e. The summed E-state index contributed by atoms with van der Waals surface area (Å²) < 4.78 is 0. The fourth-order valence-corrected chi connectivity index (χ4v) is 3.58. The summed E-state index contributed by atoms with van der Waals surface area (Å²) in [6.45, 7) is 15.5. The molecule has 1 saturated heterocycles. The molecule has 1 fully saturated rings. The molecule has 1 heterocycles. The van der Waals surface area contributed by atoms with Crippen LogP contribution in [0.3, 0.4) is 0 Å². The van der Waals surface area contributed by atoms with Crippen LogP contribution in [0.2, 0.25) is 12.6 Å². The van der Waals surface area contributed by atoms with Crippen LogP contribution in [0.4, 0.5) is 0 Å². The molecule has 96 valence electrons. The van der Waals surface area contributed by atoms with Crippen molar-refractivity contribution in [2.75, 3.05) is 0 Å². The van der Waals surface area contributed by atoms with Crippen molar-refractivity contribution >= 4 is 6.71 Å². The fraction of sp³-hybridized carbons (Fsp3) is 0.875. The van der Waals surface area contributed by atoms with Gasteiger partial charge in [-0.15, -0.1) is 5.47 Å². The molecule has 0 atom stereocenters. The Morgan fingerprint density at radius 1 is 0.941 bits per heavy atom. The normalized spacial score (nSPS) is 30.2. The molecule has 0 spiro atoms. The van der Waals surface area contributed by atoms with Crippen molar-refractivity contribution in [2.24, 2.45) is 16.2 Å². The van der Waals surface area contributed by atoms with E-state index in [9.17, 15) is 0 Å². The molecule has 0 saturated carbocycles. The van der Waals surface area contributed by atoms with Gasteiger partial charge in [0.1, 0.15) is 0 Å². The van der Waals surface area contributed by atoms with Crippen molar-refractivity contribution in [3.63, 3.8) is 0 Å². The Kier molecular flexibility index (Phi) is 3.04. The molecular formula is C16H29B. The zero-order chi connectivity index (χ0) is 12.9. The van der Waals surface area contributed by atoms with E-state index in [2.05, 4.69) is 47.6 Å². The Labute approximate surface area is 108 Å². The number of rotatable bonds is 1. The number of hydrogen-bond acceptors (Lipinski definition) is 0. The van der Waals surface area contributed by atoms with E-state index < -0.39 is 0 Å². The van der Waals surface area contributed by atoms with Crippen molar-refractivity contribution in [2.45, 2.75) is 73.4 Å². The highest BCUT2D eigenvalue weighted by Crippen LogP contribution is 2.55. The average molecular weight is 232 g/mol. The van der Waals surface area contributed by atoms with Crippen LogP contribution in [0.25, 0.3) is 0 Å². The van der Waals surface area contributed by atoms with E-state index in [1.807, 2.05) is 0 Å². The van der Waals surface area contributed by atoms with Crippen molar-refractivity contribution in [3.8, 4) is 0 Å². The summed E-state index contributed by atoms with van der Waals surface area (Å²) >= 11 is 0. The van der Waals surface area contributed by atoms with Crippen LogP contribution in [0.1, 0.15) is 60.8 Å². The van der Waals surface area contributed by atoms with Gasteiger partial charge >= 0.3 is 0 Å². The minimum atomic E-state index is 0.505. The zero-order valence-corrected chi connectivity index (χ0v) is 12.7. The standard InChI is InChI=1S/C16H29B/c1-14(2)9-7-13(8-10-14)17-11-15(3,4)16(5,6)12-17/h7H,8-12H2,1-6H3. The topological polar surface area (TPSA) is 0 Å². The summed E-state index contributed by atoms with van der Waals surface area (Å²) in [6, 6.07) is 0. The van der Waals surface area contributed by atoms with Crippen molar-refractivity contribution < 1.29 is 0 Å². The quantitative estimate of drug-likeness (QED) is 0.543. The van der Waals surface area contributed by atoms with E-state index >= 15 is 0 Å². The molecule has 1 heteroatoms. The number of allylic oxidation sites excluding steroid dienone is 2. The molecular weight excluding hydrogens is 203 g/mol. The van der Waals surface area contributed by atoms with Crippen LogP contribution in [0.5, 0.6) is 0 Å². The highest BCUT2D eigenvalue weighted by molar-refractivity contribution is 6.68. The van der Waals surface area contributed by atoms with Gasteiger partial charge < -0.3 is 0 Å². The molecule has 1 aliphatic carbocycles. The first-order chi connectivity index (χ1) is 7.63. The molecule has 0 unspecified atom stereocenters. The number of hydrogen-bond donors (Lipinski definition) is 0. The Bertz CT molecular complexity index is 317. The molecule has 0 aromatic carbocycles. The summed E-state index contributed by atoms with van der Waals surface area (Å²) in [5.74, 6) is 0. The lowest BCUT2D eigenvalue weighted by Gasteiger charge is -2.35. The average Bonchev–Trinajstić information content (AvgIpc) is 2.35. The maximum atomic E-state index is 2.58. The van der Waals surface area contributed by atoms with Crippen LogP contribution >= 0.6 is 0 Å². The first-order valence-corrected chi connectivity index (χ1v) is 7.32. The van der Waals surface area contributed by atoms with Gasteiger partial charge in [0.15, 0.2) is 6.71 Å². The molecule has 1 aliphatic heterocycles. The SMILES string of the molecule is CC1(C)CC=C(B2CC(C)(C)C(C)(C)C2)CC1. The van der Waals surface area contributed by atoms with Crippen molar-refractivity contribution in [1.82, 2.24) is 0 Å². The van der Waals surface area contributed by atoms with E-state index in [1.165, 1.54) is 31.9 Å². The van der Waals surface area contributed by atoms with Crippen molar-refractivity contribution in [3.05, 3.63) is 11.5 Å². The second kappa shape index (κ2) is 3.90. The van der Waals surface area contributed by atoms with Crippen LogP contribution < -0.4 is 0 Å². The lowest BCUT2D eigenvalue weighted by Crippen LogP contribution is -2.24. The second-order valence-electron chi connectivity index (χ2n) is 8.52. The van der Waals surface area contributed by atoms with Gasteiger partial charge in [0.25, 0.3) is 0 Å². The van der Waals surface area contributed by atoms with Crippen molar-refractivity contribution in [1.29, 1.82) is 0 Å². The maximum Gasteiger partial charge on any atom is 0.171 e. The molecule has 0 N–H and O–H groups in total. The Morgan fingerprint density at radius 2 is 1.47 bits per heavy atom. The Balaban J connectivity index is 2.10. The molecule has 0 aromatic heterocycles. The third kappa shape index (κ3) is 2.49. The van der Waals surface area contributed by atoms with Crippen LogP contribution in [0, 0.1) is 16.2 Å². The third-order valence-electron chi connectivity index (χ3n) is 5.88. The largest absolute Gasteiger partial charge is 0.171 e.